The fraction of sp³-hybridized carbons (Fsp3) is 0.364. The number of hydrogen-bond acceptors (Lipinski definition) is 4. The summed E-state index contributed by atoms with van der Waals surface area (Å²) in [4.78, 5) is 11.1. The van der Waals surface area contributed by atoms with Gasteiger partial charge < -0.3 is 10.5 Å². The van der Waals surface area contributed by atoms with E-state index in [1.54, 1.807) is 0 Å². The number of morpholine rings is 1. The minimum absolute atomic E-state index is 0.00633. The summed E-state index contributed by atoms with van der Waals surface area (Å²) in [6, 6.07) is 2.37. The van der Waals surface area contributed by atoms with Gasteiger partial charge in [-0.2, -0.15) is 4.31 Å². The average molecular weight is 367 g/mol. The minimum atomic E-state index is -4.00. The number of hydrogen-bond donors (Lipinski definition) is 1. The summed E-state index contributed by atoms with van der Waals surface area (Å²) in [5.74, 6) is -1.50. The number of ether oxygens (including phenoxy) is 1. The quantitative estimate of drug-likeness (QED) is 0.841. The highest BCUT2D eigenvalue weighted by molar-refractivity contribution is 9.10. The summed E-state index contributed by atoms with van der Waals surface area (Å²) in [5, 5.41) is 0. The van der Waals surface area contributed by atoms with Crippen molar-refractivity contribution in [3.8, 4) is 0 Å². The van der Waals surface area contributed by atoms with Crippen LogP contribution in [0.3, 0.4) is 0 Å². The Morgan fingerprint density at radius 2 is 2.20 bits per heavy atom. The van der Waals surface area contributed by atoms with Gasteiger partial charge in [-0.05, 0) is 34.1 Å². The number of carbonyl (C=O) groups excluding carboxylic acids is 1. The first-order chi connectivity index (χ1) is 9.34. The van der Waals surface area contributed by atoms with Gasteiger partial charge in [0.25, 0.3) is 0 Å². The van der Waals surface area contributed by atoms with E-state index in [1.807, 2.05) is 0 Å². The van der Waals surface area contributed by atoms with Crippen molar-refractivity contribution in [3.05, 3.63) is 28.5 Å². The van der Waals surface area contributed by atoms with Crippen LogP contribution in [-0.4, -0.2) is 44.4 Å². The molecule has 1 aliphatic rings. The maximum absolute atomic E-state index is 13.5. The van der Waals surface area contributed by atoms with Crippen molar-refractivity contribution in [1.29, 1.82) is 0 Å². The lowest BCUT2D eigenvalue weighted by Gasteiger charge is -2.32. The smallest absolute Gasteiger partial charge is 0.244 e. The van der Waals surface area contributed by atoms with E-state index >= 15 is 0 Å². The molecule has 1 heterocycles. The third-order valence-corrected chi connectivity index (χ3v) is 5.45. The molecule has 110 valence electrons. The Hall–Kier alpha value is -1.03. The molecule has 0 bridgehead atoms. The summed E-state index contributed by atoms with van der Waals surface area (Å²) in [7, 11) is -4.00. The van der Waals surface area contributed by atoms with Gasteiger partial charge in [0.2, 0.25) is 15.9 Å². The lowest BCUT2D eigenvalue weighted by Crippen LogP contribution is -2.54. The van der Waals surface area contributed by atoms with Crippen LogP contribution in [0.2, 0.25) is 0 Å². The molecule has 0 spiro atoms. The molecule has 0 radical (unpaired) electrons. The van der Waals surface area contributed by atoms with Gasteiger partial charge in [-0.25, -0.2) is 12.8 Å². The largest absolute Gasteiger partial charge is 0.378 e. The first-order valence-electron chi connectivity index (χ1n) is 5.68. The predicted octanol–water partition coefficient (Wildman–Crippen LogP) is 0.463. The van der Waals surface area contributed by atoms with E-state index in [1.165, 1.54) is 12.1 Å². The lowest BCUT2D eigenvalue weighted by atomic mass is 10.3. The van der Waals surface area contributed by atoms with E-state index in [2.05, 4.69) is 15.9 Å². The maximum Gasteiger partial charge on any atom is 0.244 e. The molecule has 0 aromatic heterocycles. The Bertz CT molecular complexity index is 637. The number of nitrogens with two attached hydrogens (primary N) is 1. The van der Waals surface area contributed by atoms with Crippen molar-refractivity contribution in [2.75, 3.05) is 19.8 Å². The molecule has 1 atom stereocenters. The third kappa shape index (κ3) is 2.85. The van der Waals surface area contributed by atoms with Crippen molar-refractivity contribution < 1.29 is 22.3 Å². The molecule has 1 saturated heterocycles. The summed E-state index contributed by atoms with van der Waals surface area (Å²) in [5.41, 5.74) is 5.18. The Labute approximate surface area is 123 Å². The SMILES string of the molecule is NC(=O)C1COCCN1S(=O)(=O)c1ccc(Br)c(F)c1. The van der Waals surface area contributed by atoms with Crippen LogP contribution in [-0.2, 0) is 19.6 Å². The standard InChI is InChI=1S/C11H12BrFN2O4S/c12-8-2-1-7(5-9(8)13)20(17,18)15-3-4-19-6-10(15)11(14)16/h1-2,5,10H,3-4,6H2,(H2,14,16). The van der Waals surface area contributed by atoms with Crippen LogP contribution in [0.5, 0.6) is 0 Å². The molecular formula is C11H12BrFN2O4S. The number of nitrogens with zero attached hydrogens (tertiary/aromatic N) is 1. The van der Waals surface area contributed by atoms with E-state index in [9.17, 15) is 17.6 Å². The molecule has 1 aromatic carbocycles. The molecule has 1 aliphatic heterocycles. The number of sulfonamides is 1. The van der Waals surface area contributed by atoms with E-state index < -0.39 is 27.8 Å². The molecule has 2 rings (SSSR count). The van der Waals surface area contributed by atoms with Gasteiger partial charge in [-0.3, -0.25) is 4.79 Å². The maximum atomic E-state index is 13.5. The number of primary amides is 1. The third-order valence-electron chi connectivity index (χ3n) is 2.91. The molecule has 20 heavy (non-hydrogen) atoms. The first-order valence-corrected chi connectivity index (χ1v) is 7.91. The predicted molar refractivity (Wildman–Crippen MR) is 71.8 cm³/mol. The van der Waals surface area contributed by atoms with E-state index in [0.717, 1.165) is 10.4 Å². The molecular weight excluding hydrogens is 355 g/mol. The monoisotopic (exact) mass is 366 g/mol. The molecule has 1 fully saturated rings. The molecule has 9 heteroatoms. The molecule has 2 N–H and O–H groups in total. The van der Waals surface area contributed by atoms with Crippen molar-refractivity contribution in [2.24, 2.45) is 5.73 Å². The van der Waals surface area contributed by atoms with Crippen molar-refractivity contribution in [1.82, 2.24) is 4.31 Å². The number of amides is 1. The van der Waals surface area contributed by atoms with Crippen LogP contribution in [0.25, 0.3) is 0 Å². The van der Waals surface area contributed by atoms with E-state index in [0.29, 0.717) is 0 Å². The van der Waals surface area contributed by atoms with E-state index in [-0.39, 0.29) is 29.1 Å². The average Bonchev–Trinajstić information content (AvgIpc) is 2.41. The van der Waals surface area contributed by atoms with Crippen LogP contribution in [0.15, 0.2) is 27.6 Å². The molecule has 1 aromatic rings. The van der Waals surface area contributed by atoms with Crippen LogP contribution in [0.1, 0.15) is 0 Å². The van der Waals surface area contributed by atoms with Gasteiger partial charge in [0.05, 0.1) is 22.6 Å². The molecule has 0 aliphatic carbocycles. The number of rotatable bonds is 3. The second kappa shape index (κ2) is 5.76. The van der Waals surface area contributed by atoms with Gasteiger partial charge in [0.1, 0.15) is 11.9 Å². The fourth-order valence-electron chi connectivity index (χ4n) is 1.87. The molecule has 1 amide bonds. The highest BCUT2D eigenvalue weighted by atomic mass is 79.9. The Morgan fingerprint density at radius 1 is 1.50 bits per heavy atom. The molecule has 1 unspecified atom stereocenters. The van der Waals surface area contributed by atoms with Gasteiger partial charge in [-0.15, -0.1) is 0 Å². The van der Waals surface area contributed by atoms with Gasteiger partial charge >= 0.3 is 0 Å². The molecule has 6 nitrogen and oxygen atoms in total. The second-order valence-electron chi connectivity index (χ2n) is 4.18. The summed E-state index contributed by atoms with van der Waals surface area (Å²) < 4.78 is 44.5. The number of carbonyl (C=O) groups is 1. The number of benzene rings is 1. The zero-order valence-corrected chi connectivity index (χ0v) is 12.7. The summed E-state index contributed by atoms with van der Waals surface area (Å²) in [6.45, 7) is 0.0449. The van der Waals surface area contributed by atoms with Crippen LogP contribution in [0, 0.1) is 5.82 Å². The van der Waals surface area contributed by atoms with Gasteiger partial charge in [0.15, 0.2) is 0 Å². The zero-order valence-electron chi connectivity index (χ0n) is 10.3. The second-order valence-corrected chi connectivity index (χ2v) is 6.93. The van der Waals surface area contributed by atoms with Crippen LogP contribution < -0.4 is 5.73 Å². The van der Waals surface area contributed by atoms with Crippen molar-refractivity contribution in [2.45, 2.75) is 10.9 Å². The number of halogens is 2. The van der Waals surface area contributed by atoms with Gasteiger partial charge in [0, 0.05) is 6.54 Å². The summed E-state index contributed by atoms with van der Waals surface area (Å²) in [6.07, 6.45) is 0. The Balaban J connectivity index is 2.42. The van der Waals surface area contributed by atoms with Gasteiger partial charge in [-0.1, -0.05) is 0 Å². The van der Waals surface area contributed by atoms with E-state index in [4.69, 9.17) is 10.5 Å². The fourth-order valence-corrected chi connectivity index (χ4v) is 3.70. The Kier molecular flexibility index (Phi) is 4.43. The topological polar surface area (TPSA) is 89.7 Å². The lowest BCUT2D eigenvalue weighted by molar-refractivity contribution is -0.125. The highest BCUT2D eigenvalue weighted by Gasteiger charge is 2.37. The minimum Gasteiger partial charge on any atom is -0.378 e. The zero-order chi connectivity index (χ0) is 14.9. The van der Waals surface area contributed by atoms with Crippen molar-refractivity contribution in [3.63, 3.8) is 0 Å². The Morgan fingerprint density at radius 3 is 2.80 bits per heavy atom. The van der Waals surface area contributed by atoms with Crippen LogP contribution >= 0.6 is 15.9 Å². The van der Waals surface area contributed by atoms with Crippen molar-refractivity contribution >= 4 is 31.9 Å². The molecule has 0 saturated carbocycles. The summed E-state index contributed by atoms with van der Waals surface area (Å²) >= 11 is 2.95. The highest BCUT2D eigenvalue weighted by Crippen LogP contribution is 2.24. The van der Waals surface area contributed by atoms with Crippen LogP contribution in [0.4, 0.5) is 4.39 Å². The normalized spacial score (nSPS) is 20.8. The first kappa shape index (κ1) is 15.4.